The van der Waals surface area contributed by atoms with Crippen LogP contribution in [-0.2, 0) is 16.8 Å². The highest BCUT2D eigenvalue weighted by atomic mass is 19.1. The van der Waals surface area contributed by atoms with Gasteiger partial charge in [-0.1, -0.05) is 19.9 Å². The van der Waals surface area contributed by atoms with Gasteiger partial charge in [0.1, 0.15) is 5.82 Å². The molecule has 0 fully saturated rings. The maximum Gasteiger partial charge on any atom is 0.304 e. The number of benzene rings is 1. The lowest BCUT2D eigenvalue weighted by Gasteiger charge is -2.25. The Morgan fingerprint density at radius 2 is 2.12 bits per heavy atom. The molecule has 3 nitrogen and oxygen atoms in total. The van der Waals surface area contributed by atoms with Crippen LogP contribution in [-0.4, -0.2) is 11.1 Å². The van der Waals surface area contributed by atoms with Crippen LogP contribution >= 0.6 is 0 Å². The highest BCUT2D eigenvalue weighted by molar-refractivity contribution is 5.69. The predicted molar refractivity (Wildman–Crippen MR) is 59.6 cm³/mol. The van der Waals surface area contributed by atoms with Crippen molar-refractivity contribution in [2.24, 2.45) is 5.73 Å². The minimum Gasteiger partial charge on any atom is -0.481 e. The van der Waals surface area contributed by atoms with Gasteiger partial charge in [-0.15, -0.1) is 0 Å². The molecule has 1 rings (SSSR count). The summed E-state index contributed by atoms with van der Waals surface area (Å²) in [6.07, 6.45) is -0.0521. The van der Waals surface area contributed by atoms with Crippen molar-refractivity contribution < 1.29 is 14.3 Å². The zero-order chi connectivity index (χ0) is 12.3. The van der Waals surface area contributed by atoms with Gasteiger partial charge in [0.25, 0.3) is 0 Å². The number of hydrogen-bond donors (Lipinski definition) is 2. The average molecular weight is 225 g/mol. The van der Waals surface area contributed by atoms with E-state index in [1.165, 1.54) is 12.1 Å². The lowest BCUT2D eigenvalue weighted by atomic mass is 9.79. The third kappa shape index (κ3) is 2.79. The van der Waals surface area contributed by atoms with Gasteiger partial charge in [0, 0.05) is 12.0 Å². The van der Waals surface area contributed by atoms with Gasteiger partial charge in [-0.05, 0) is 23.3 Å². The molecule has 88 valence electrons. The normalized spacial score (nSPS) is 11.5. The Bertz CT molecular complexity index is 402. The van der Waals surface area contributed by atoms with Crippen LogP contribution in [0.15, 0.2) is 18.2 Å². The molecule has 0 saturated carbocycles. The molecular formula is C12H16FNO2. The lowest BCUT2D eigenvalue weighted by Crippen LogP contribution is -2.24. The Kier molecular flexibility index (Phi) is 3.65. The molecule has 0 unspecified atom stereocenters. The Balaban J connectivity index is 3.18. The molecule has 1 aromatic carbocycles. The van der Waals surface area contributed by atoms with E-state index in [1.54, 1.807) is 19.9 Å². The fourth-order valence-corrected chi connectivity index (χ4v) is 1.83. The van der Waals surface area contributed by atoms with Gasteiger partial charge in [0.2, 0.25) is 0 Å². The third-order valence-corrected chi connectivity index (χ3v) is 2.61. The highest BCUT2D eigenvalue weighted by Gasteiger charge is 2.26. The molecule has 0 heterocycles. The minimum atomic E-state index is -0.905. The Hall–Kier alpha value is -1.42. The van der Waals surface area contributed by atoms with Crippen LogP contribution in [0.3, 0.4) is 0 Å². The molecule has 16 heavy (non-hydrogen) atoms. The molecule has 0 aliphatic carbocycles. The van der Waals surface area contributed by atoms with E-state index in [0.29, 0.717) is 5.56 Å². The lowest BCUT2D eigenvalue weighted by molar-refractivity contribution is -0.138. The van der Waals surface area contributed by atoms with Crippen LogP contribution < -0.4 is 5.73 Å². The number of carbonyl (C=O) groups is 1. The molecule has 4 heteroatoms. The summed E-state index contributed by atoms with van der Waals surface area (Å²) in [6, 6.07) is 4.31. The molecule has 0 atom stereocenters. The van der Waals surface area contributed by atoms with Crippen molar-refractivity contribution in [1.82, 2.24) is 0 Å². The van der Waals surface area contributed by atoms with E-state index in [2.05, 4.69) is 0 Å². The maximum absolute atomic E-state index is 13.2. The molecule has 0 aliphatic rings. The van der Waals surface area contributed by atoms with E-state index in [1.807, 2.05) is 0 Å². The Morgan fingerprint density at radius 1 is 1.50 bits per heavy atom. The molecule has 3 N–H and O–H groups in total. The van der Waals surface area contributed by atoms with E-state index < -0.39 is 11.4 Å². The van der Waals surface area contributed by atoms with E-state index in [9.17, 15) is 9.18 Å². The minimum absolute atomic E-state index is 0.0521. The van der Waals surface area contributed by atoms with Crippen LogP contribution in [0.25, 0.3) is 0 Å². The Morgan fingerprint density at radius 3 is 2.62 bits per heavy atom. The maximum atomic E-state index is 13.2. The molecule has 0 aliphatic heterocycles. The Labute approximate surface area is 94.1 Å². The second-order valence-electron chi connectivity index (χ2n) is 4.46. The highest BCUT2D eigenvalue weighted by Crippen LogP contribution is 2.30. The van der Waals surface area contributed by atoms with Crippen LogP contribution in [0, 0.1) is 5.82 Å². The van der Waals surface area contributed by atoms with Crippen molar-refractivity contribution >= 4 is 5.97 Å². The van der Waals surface area contributed by atoms with Gasteiger partial charge in [-0.3, -0.25) is 4.79 Å². The first-order chi connectivity index (χ1) is 7.36. The molecule has 0 saturated heterocycles. The molecule has 0 radical (unpaired) electrons. The van der Waals surface area contributed by atoms with Crippen molar-refractivity contribution in [3.8, 4) is 0 Å². The van der Waals surface area contributed by atoms with Gasteiger partial charge in [-0.25, -0.2) is 4.39 Å². The fraction of sp³-hybridized carbons (Fsp3) is 0.417. The number of halogens is 1. The second kappa shape index (κ2) is 4.61. The van der Waals surface area contributed by atoms with Crippen molar-refractivity contribution in [3.63, 3.8) is 0 Å². The largest absolute Gasteiger partial charge is 0.481 e. The van der Waals surface area contributed by atoms with E-state index >= 15 is 0 Å². The first kappa shape index (κ1) is 12.6. The van der Waals surface area contributed by atoms with E-state index in [-0.39, 0.29) is 18.8 Å². The summed E-state index contributed by atoms with van der Waals surface area (Å²) in [5.41, 5.74) is 6.39. The summed E-state index contributed by atoms with van der Waals surface area (Å²) >= 11 is 0. The smallest absolute Gasteiger partial charge is 0.304 e. The topological polar surface area (TPSA) is 63.3 Å². The average Bonchev–Trinajstić information content (AvgIpc) is 2.15. The number of nitrogens with two attached hydrogens (primary N) is 1. The summed E-state index contributed by atoms with van der Waals surface area (Å²) in [4.78, 5) is 10.7. The number of rotatable bonds is 4. The molecule has 1 aromatic rings. The zero-order valence-corrected chi connectivity index (χ0v) is 9.46. The SMILES string of the molecule is CC(C)(CC(=O)O)c1cc(F)ccc1CN. The molecule has 0 spiro atoms. The van der Waals surface area contributed by atoms with Gasteiger partial charge >= 0.3 is 5.97 Å². The molecule has 0 amide bonds. The third-order valence-electron chi connectivity index (χ3n) is 2.61. The summed E-state index contributed by atoms with van der Waals surface area (Å²) in [7, 11) is 0. The first-order valence-corrected chi connectivity index (χ1v) is 5.07. The monoisotopic (exact) mass is 225 g/mol. The number of aliphatic carboxylic acids is 1. The van der Waals surface area contributed by atoms with Gasteiger partial charge < -0.3 is 10.8 Å². The van der Waals surface area contributed by atoms with Gasteiger partial charge in [-0.2, -0.15) is 0 Å². The van der Waals surface area contributed by atoms with Gasteiger partial charge in [0.05, 0.1) is 6.42 Å². The fourth-order valence-electron chi connectivity index (χ4n) is 1.83. The van der Waals surface area contributed by atoms with Crippen LogP contribution in [0.5, 0.6) is 0 Å². The van der Waals surface area contributed by atoms with Crippen LogP contribution in [0.2, 0.25) is 0 Å². The quantitative estimate of drug-likeness (QED) is 0.824. The zero-order valence-electron chi connectivity index (χ0n) is 9.46. The summed E-state index contributed by atoms with van der Waals surface area (Å²) < 4.78 is 13.2. The van der Waals surface area contributed by atoms with Crippen molar-refractivity contribution in [2.45, 2.75) is 32.2 Å². The van der Waals surface area contributed by atoms with Crippen LogP contribution in [0.1, 0.15) is 31.4 Å². The summed E-state index contributed by atoms with van der Waals surface area (Å²) in [6.45, 7) is 3.82. The first-order valence-electron chi connectivity index (χ1n) is 5.07. The molecule has 0 bridgehead atoms. The van der Waals surface area contributed by atoms with Gasteiger partial charge in [0.15, 0.2) is 0 Å². The van der Waals surface area contributed by atoms with Crippen LogP contribution in [0.4, 0.5) is 4.39 Å². The number of carboxylic acids is 1. The van der Waals surface area contributed by atoms with Crippen molar-refractivity contribution in [1.29, 1.82) is 0 Å². The number of carboxylic acid groups (broad SMARTS) is 1. The molecular weight excluding hydrogens is 209 g/mol. The second-order valence-corrected chi connectivity index (χ2v) is 4.46. The standard InChI is InChI=1S/C12H16FNO2/c1-12(2,6-11(15)16)10-5-9(13)4-3-8(10)7-14/h3-5H,6-7,14H2,1-2H3,(H,15,16). The summed E-state index contributed by atoms with van der Waals surface area (Å²) in [5, 5.41) is 8.82. The van der Waals surface area contributed by atoms with E-state index in [0.717, 1.165) is 5.56 Å². The van der Waals surface area contributed by atoms with E-state index in [4.69, 9.17) is 10.8 Å². The number of hydrogen-bond acceptors (Lipinski definition) is 2. The van der Waals surface area contributed by atoms with Crippen molar-refractivity contribution in [2.75, 3.05) is 0 Å². The molecule has 0 aromatic heterocycles. The summed E-state index contributed by atoms with van der Waals surface area (Å²) in [5.74, 6) is -1.28. The van der Waals surface area contributed by atoms with Crippen molar-refractivity contribution in [3.05, 3.63) is 35.1 Å². The predicted octanol–water partition coefficient (Wildman–Crippen LogP) is 2.04.